The number of ether oxygens (including phenoxy) is 1. The van der Waals surface area contributed by atoms with E-state index in [2.05, 4.69) is 12.2 Å². The molecule has 3 aromatic rings. The van der Waals surface area contributed by atoms with Crippen molar-refractivity contribution in [2.75, 3.05) is 16.8 Å². The van der Waals surface area contributed by atoms with E-state index in [1.807, 2.05) is 0 Å². The molecule has 3 aromatic carbocycles. The number of esters is 1. The number of hydrogen-bond acceptors (Lipinski definition) is 5. The minimum Gasteiger partial charge on any atom is -0.462 e. The van der Waals surface area contributed by atoms with Gasteiger partial charge in [-0.3, -0.25) is 14.4 Å². The van der Waals surface area contributed by atoms with Crippen LogP contribution in [0.5, 0.6) is 0 Å². The molecule has 0 radical (unpaired) electrons. The molecule has 7 nitrogen and oxygen atoms in total. The van der Waals surface area contributed by atoms with Gasteiger partial charge in [-0.2, -0.15) is 0 Å². The average Bonchev–Trinajstić information content (AvgIpc) is 3.12. The molecule has 1 heterocycles. The van der Waals surface area contributed by atoms with Crippen molar-refractivity contribution in [2.45, 2.75) is 26.2 Å². The Morgan fingerprint density at radius 1 is 0.794 bits per heavy atom. The number of anilines is 2. The number of rotatable bonds is 8. The molecule has 4 rings (SSSR count). The topological polar surface area (TPSA) is 92.8 Å². The molecule has 0 fully saturated rings. The normalized spacial score (nSPS) is 12.4. The van der Waals surface area contributed by atoms with Crippen molar-refractivity contribution in [2.24, 2.45) is 0 Å². The van der Waals surface area contributed by atoms with Crippen LogP contribution in [0.1, 0.15) is 67.6 Å². The van der Waals surface area contributed by atoms with Gasteiger partial charge in [0.25, 0.3) is 17.7 Å². The van der Waals surface area contributed by atoms with Gasteiger partial charge < -0.3 is 10.1 Å². The monoisotopic (exact) mass is 456 g/mol. The van der Waals surface area contributed by atoms with Gasteiger partial charge in [0.2, 0.25) is 0 Å². The van der Waals surface area contributed by atoms with Crippen molar-refractivity contribution in [1.29, 1.82) is 0 Å². The van der Waals surface area contributed by atoms with Gasteiger partial charge in [-0.05, 0) is 67.1 Å². The molecule has 1 N–H and O–H groups in total. The van der Waals surface area contributed by atoms with Gasteiger partial charge >= 0.3 is 5.97 Å². The van der Waals surface area contributed by atoms with Crippen molar-refractivity contribution >= 4 is 35.1 Å². The van der Waals surface area contributed by atoms with E-state index in [1.54, 1.807) is 72.8 Å². The highest BCUT2D eigenvalue weighted by Crippen LogP contribution is 2.28. The van der Waals surface area contributed by atoms with Crippen molar-refractivity contribution < 1.29 is 23.9 Å². The molecule has 0 bridgehead atoms. The molecule has 3 amide bonds. The molecule has 0 unspecified atom stereocenters. The maximum Gasteiger partial charge on any atom is 0.338 e. The van der Waals surface area contributed by atoms with Crippen molar-refractivity contribution in [1.82, 2.24) is 0 Å². The molecule has 0 atom stereocenters. The van der Waals surface area contributed by atoms with Gasteiger partial charge in [-0.15, -0.1) is 0 Å². The lowest BCUT2D eigenvalue weighted by Crippen LogP contribution is -2.29. The first kappa shape index (κ1) is 22.9. The van der Waals surface area contributed by atoms with Gasteiger partial charge in [-0.1, -0.05) is 31.9 Å². The molecule has 34 heavy (non-hydrogen) atoms. The number of hydrogen-bond donors (Lipinski definition) is 1. The number of nitrogens with zero attached hydrogens (tertiary/aromatic N) is 1. The molecule has 0 aliphatic carbocycles. The molecule has 1 aliphatic heterocycles. The summed E-state index contributed by atoms with van der Waals surface area (Å²) in [5.74, 6) is -1.52. The second-order valence-electron chi connectivity index (χ2n) is 7.91. The molecule has 0 saturated carbocycles. The highest BCUT2D eigenvalue weighted by Gasteiger charge is 2.36. The quantitative estimate of drug-likeness (QED) is 0.290. The molecule has 7 heteroatoms. The van der Waals surface area contributed by atoms with Gasteiger partial charge in [0, 0.05) is 11.3 Å². The van der Waals surface area contributed by atoms with Gasteiger partial charge in [0.05, 0.1) is 29.0 Å². The van der Waals surface area contributed by atoms with Crippen LogP contribution in [0.15, 0.2) is 72.8 Å². The number of unbranched alkanes of at least 4 members (excludes halogenated alkanes) is 2. The third kappa shape index (κ3) is 4.73. The number of carbonyl (C=O) groups is 4. The summed E-state index contributed by atoms with van der Waals surface area (Å²) in [7, 11) is 0. The van der Waals surface area contributed by atoms with E-state index in [4.69, 9.17) is 4.74 Å². The first-order valence-corrected chi connectivity index (χ1v) is 11.2. The van der Waals surface area contributed by atoms with Crippen LogP contribution in [-0.2, 0) is 4.74 Å². The summed E-state index contributed by atoms with van der Waals surface area (Å²) in [6.07, 6.45) is 2.90. The van der Waals surface area contributed by atoms with E-state index in [1.165, 1.54) is 0 Å². The smallest absolute Gasteiger partial charge is 0.338 e. The molecular formula is C27H24N2O5. The number of fused-ring (bicyclic) bond motifs is 1. The SMILES string of the molecule is CCCCCOC(=O)c1ccc(NC(=O)c2ccc(N3C(=O)c4ccccc4C3=O)cc2)cc1. The number of nitrogens with one attached hydrogen (secondary N) is 1. The number of carbonyl (C=O) groups excluding carboxylic acids is 4. The Kier molecular flexibility index (Phi) is 6.82. The zero-order valence-corrected chi connectivity index (χ0v) is 18.7. The summed E-state index contributed by atoms with van der Waals surface area (Å²) in [5, 5.41) is 2.77. The predicted molar refractivity (Wildman–Crippen MR) is 128 cm³/mol. The maximum atomic E-state index is 12.6. The summed E-state index contributed by atoms with van der Waals surface area (Å²) in [5.41, 5.74) is 2.42. The Bertz CT molecular complexity index is 1200. The van der Waals surface area contributed by atoms with E-state index < -0.39 is 5.97 Å². The van der Waals surface area contributed by atoms with Crippen LogP contribution >= 0.6 is 0 Å². The largest absolute Gasteiger partial charge is 0.462 e. The third-order valence-corrected chi connectivity index (χ3v) is 5.54. The standard InChI is InChI=1S/C27H24N2O5/c1-2-3-6-17-34-27(33)19-9-13-20(14-10-19)28-24(30)18-11-15-21(16-12-18)29-25(31)22-7-4-5-8-23(22)26(29)32/h4-5,7-16H,2-3,6,17H2,1H3,(H,28,30). The van der Waals surface area contributed by atoms with Crippen LogP contribution in [0, 0.1) is 0 Å². The highest BCUT2D eigenvalue weighted by atomic mass is 16.5. The fourth-order valence-electron chi connectivity index (χ4n) is 3.68. The fourth-order valence-corrected chi connectivity index (χ4v) is 3.68. The summed E-state index contributed by atoms with van der Waals surface area (Å²) in [6, 6.07) is 19.4. The van der Waals surface area contributed by atoms with Crippen molar-refractivity contribution in [3.63, 3.8) is 0 Å². The van der Waals surface area contributed by atoms with Crippen LogP contribution in [-0.4, -0.2) is 30.3 Å². The first-order valence-electron chi connectivity index (χ1n) is 11.2. The number of imide groups is 1. The fraction of sp³-hybridized carbons (Fsp3) is 0.185. The van der Waals surface area contributed by atoms with Gasteiger partial charge in [-0.25, -0.2) is 9.69 Å². The lowest BCUT2D eigenvalue weighted by Gasteiger charge is -2.14. The Hall–Kier alpha value is -4.26. The molecular weight excluding hydrogens is 432 g/mol. The van der Waals surface area contributed by atoms with Crippen LogP contribution in [0.25, 0.3) is 0 Å². The van der Waals surface area contributed by atoms with E-state index in [-0.39, 0.29) is 17.7 Å². The highest BCUT2D eigenvalue weighted by molar-refractivity contribution is 6.34. The second kappa shape index (κ2) is 10.1. The summed E-state index contributed by atoms with van der Waals surface area (Å²) in [6.45, 7) is 2.47. The average molecular weight is 456 g/mol. The minimum atomic E-state index is -0.391. The van der Waals surface area contributed by atoms with Crippen molar-refractivity contribution in [3.05, 3.63) is 95.1 Å². The van der Waals surface area contributed by atoms with Gasteiger partial charge in [0.15, 0.2) is 0 Å². The van der Waals surface area contributed by atoms with Gasteiger partial charge in [0.1, 0.15) is 0 Å². The minimum absolute atomic E-state index is 0.358. The summed E-state index contributed by atoms with van der Waals surface area (Å²) >= 11 is 0. The molecule has 0 aromatic heterocycles. The first-order chi connectivity index (χ1) is 16.5. The third-order valence-electron chi connectivity index (χ3n) is 5.54. The summed E-state index contributed by atoms with van der Waals surface area (Å²) in [4.78, 5) is 51.0. The van der Waals surface area contributed by atoms with E-state index in [9.17, 15) is 19.2 Å². The lowest BCUT2D eigenvalue weighted by molar-refractivity contribution is 0.0498. The Labute approximate surface area is 197 Å². The van der Waals surface area contributed by atoms with E-state index in [0.717, 1.165) is 24.2 Å². The Balaban J connectivity index is 1.38. The second-order valence-corrected chi connectivity index (χ2v) is 7.91. The number of benzene rings is 3. The van der Waals surface area contributed by atoms with E-state index in [0.29, 0.717) is 40.2 Å². The van der Waals surface area contributed by atoms with Crippen LogP contribution in [0.4, 0.5) is 11.4 Å². The Morgan fingerprint density at radius 2 is 1.38 bits per heavy atom. The molecule has 0 saturated heterocycles. The summed E-state index contributed by atoms with van der Waals surface area (Å²) < 4.78 is 5.23. The van der Waals surface area contributed by atoms with E-state index >= 15 is 0 Å². The van der Waals surface area contributed by atoms with Crippen LogP contribution in [0.3, 0.4) is 0 Å². The van der Waals surface area contributed by atoms with Crippen LogP contribution < -0.4 is 10.2 Å². The lowest BCUT2D eigenvalue weighted by atomic mass is 10.1. The van der Waals surface area contributed by atoms with Crippen molar-refractivity contribution in [3.8, 4) is 0 Å². The predicted octanol–water partition coefficient (Wildman–Crippen LogP) is 5.09. The van der Waals surface area contributed by atoms with Crippen LogP contribution in [0.2, 0.25) is 0 Å². The molecule has 172 valence electrons. The molecule has 1 aliphatic rings. The molecule has 0 spiro atoms. The zero-order valence-electron chi connectivity index (χ0n) is 18.7. The Morgan fingerprint density at radius 3 is 1.97 bits per heavy atom. The number of amides is 3. The maximum absolute atomic E-state index is 12.6. The zero-order chi connectivity index (χ0) is 24.1.